The van der Waals surface area contributed by atoms with Crippen molar-refractivity contribution in [2.75, 3.05) is 0 Å². The number of benzene rings is 1. The molecule has 2 unspecified atom stereocenters. The molecule has 0 saturated heterocycles. The van der Waals surface area contributed by atoms with Gasteiger partial charge in [-0.1, -0.05) is 38.1 Å². The first-order chi connectivity index (χ1) is 9.08. The molecule has 2 rings (SSSR count). The molecule has 0 aromatic heterocycles. The van der Waals surface area contributed by atoms with Crippen molar-refractivity contribution in [1.82, 2.24) is 5.32 Å². The maximum atomic E-state index is 12.1. The Morgan fingerprint density at radius 3 is 2.89 bits per heavy atom. The second-order valence-corrected chi connectivity index (χ2v) is 5.89. The lowest BCUT2D eigenvalue weighted by molar-refractivity contribution is -0.123. The van der Waals surface area contributed by atoms with Crippen molar-refractivity contribution in [3.63, 3.8) is 0 Å². The first-order valence-corrected chi connectivity index (χ1v) is 7.21. The molecular formula is C16H24N2O. The van der Waals surface area contributed by atoms with E-state index in [0.717, 1.165) is 25.7 Å². The topological polar surface area (TPSA) is 55.1 Å². The van der Waals surface area contributed by atoms with Gasteiger partial charge in [-0.3, -0.25) is 4.79 Å². The van der Waals surface area contributed by atoms with E-state index < -0.39 is 6.04 Å². The molecule has 104 valence electrons. The summed E-state index contributed by atoms with van der Waals surface area (Å²) in [6, 6.07) is 8.12. The summed E-state index contributed by atoms with van der Waals surface area (Å²) >= 11 is 0. The van der Waals surface area contributed by atoms with Gasteiger partial charge in [-0.15, -0.1) is 0 Å². The Kier molecular flexibility index (Phi) is 4.59. The molecule has 1 aliphatic rings. The molecule has 0 fully saturated rings. The van der Waals surface area contributed by atoms with Gasteiger partial charge in [0, 0.05) is 0 Å². The Morgan fingerprint density at radius 2 is 2.16 bits per heavy atom. The number of aryl methyl sites for hydroxylation is 1. The molecule has 0 bridgehead atoms. The van der Waals surface area contributed by atoms with Crippen LogP contribution in [0.25, 0.3) is 0 Å². The van der Waals surface area contributed by atoms with E-state index in [2.05, 4.69) is 37.4 Å². The number of nitrogens with two attached hydrogens (primary N) is 1. The lowest BCUT2D eigenvalue weighted by atomic mass is 9.87. The SMILES string of the molecule is CC(C)CC(N)C(=O)NC1CCCc2ccccc21. The minimum Gasteiger partial charge on any atom is -0.348 e. The zero-order chi connectivity index (χ0) is 13.8. The minimum absolute atomic E-state index is 0.0181. The van der Waals surface area contributed by atoms with Crippen LogP contribution in [0.15, 0.2) is 24.3 Å². The zero-order valence-corrected chi connectivity index (χ0v) is 11.9. The van der Waals surface area contributed by atoms with E-state index in [1.807, 2.05) is 6.07 Å². The lowest BCUT2D eigenvalue weighted by Gasteiger charge is -2.27. The number of rotatable bonds is 4. The summed E-state index contributed by atoms with van der Waals surface area (Å²) in [5, 5.41) is 3.12. The Morgan fingerprint density at radius 1 is 1.42 bits per heavy atom. The van der Waals surface area contributed by atoms with Crippen LogP contribution in [0.4, 0.5) is 0 Å². The molecule has 1 aromatic rings. The van der Waals surface area contributed by atoms with Crippen molar-refractivity contribution in [3.05, 3.63) is 35.4 Å². The predicted octanol–water partition coefficient (Wildman–Crippen LogP) is 2.55. The average Bonchev–Trinajstić information content (AvgIpc) is 2.38. The highest BCUT2D eigenvalue weighted by Crippen LogP contribution is 2.29. The summed E-state index contributed by atoms with van der Waals surface area (Å²) in [5.41, 5.74) is 8.56. The Balaban J connectivity index is 2.02. The maximum absolute atomic E-state index is 12.1. The quantitative estimate of drug-likeness (QED) is 0.874. The summed E-state index contributed by atoms with van der Waals surface area (Å²) in [5.74, 6) is 0.426. The zero-order valence-electron chi connectivity index (χ0n) is 11.9. The van der Waals surface area contributed by atoms with E-state index in [-0.39, 0.29) is 11.9 Å². The molecule has 19 heavy (non-hydrogen) atoms. The molecule has 1 aliphatic carbocycles. The summed E-state index contributed by atoms with van der Waals surface area (Å²) in [7, 11) is 0. The van der Waals surface area contributed by atoms with Crippen LogP contribution in [0.1, 0.15) is 50.3 Å². The summed E-state index contributed by atoms with van der Waals surface area (Å²) in [6.07, 6.45) is 3.99. The van der Waals surface area contributed by atoms with E-state index >= 15 is 0 Å². The fraction of sp³-hybridized carbons (Fsp3) is 0.562. The van der Waals surface area contributed by atoms with Gasteiger partial charge in [0.2, 0.25) is 5.91 Å². The van der Waals surface area contributed by atoms with E-state index in [0.29, 0.717) is 5.92 Å². The molecule has 3 heteroatoms. The van der Waals surface area contributed by atoms with Crippen molar-refractivity contribution in [3.8, 4) is 0 Å². The van der Waals surface area contributed by atoms with Gasteiger partial charge in [0.05, 0.1) is 12.1 Å². The minimum atomic E-state index is -0.394. The molecule has 0 spiro atoms. The van der Waals surface area contributed by atoms with Crippen molar-refractivity contribution in [2.45, 2.75) is 51.6 Å². The number of nitrogens with one attached hydrogen (secondary N) is 1. The largest absolute Gasteiger partial charge is 0.348 e. The van der Waals surface area contributed by atoms with Crippen LogP contribution in [-0.2, 0) is 11.2 Å². The number of hydrogen-bond donors (Lipinski definition) is 2. The highest BCUT2D eigenvalue weighted by Gasteiger charge is 2.23. The van der Waals surface area contributed by atoms with Gasteiger partial charge in [-0.25, -0.2) is 0 Å². The first kappa shape index (κ1) is 14.1. The highest BCUT2D eigenvalue weighted by atomic mass is 16.2. The van der Waals surface area contributed by atoms with Gasteiger partial charge in [0.15, 0.2) is 0 Å². The molecular weight excluding hydrogens is 236 g/mol. The van der Waals surface area contributed by atoms with Crippen LogP contribution < -0.4 is 11.1 Å². The second-order valence-electron chi connectivity index (χ2n) is 5.89. The molecule has 0 saturated carbocycles. The lowest BCUT2D eigenvalue weighted by Crippen LogP contribution is -2.43. The Hall–Kier alpha value is -1.35. The maximum Gasteiger partial charge on any atom is 0.237 e. The van der Waals surface area contributed by atoms with Crippen molar-refractivity contribution >= 4 is 5.91 Å². The molecule has 2 atom stereocenters. The number of carbonyl (C=O) groups excluding carboxylic acids is 1. The smallest absolute Gasteiger partial charge is 0.237 e. The molecule has 1 amide bonds. The summed E-state index contributed by atoms with van der Waals surface area (Å²) < 4.78 is 0. The van der Waals surface area contributed by atoms with Gasteiger partial charge in [-0.2, -0.15) is 0 Å². The third-order valence-electron chi connectivity index (χ3n) is 3.75. The average molecular weight is 260 g/mol. The van der Waals surface area contributed by atoms with E-state index in [9.17, 15) is 4.79 Å². The number of hydrogen-bond acceptors (Lipinski definition) is 2. The molecule has 1 aromatic carbocycles. The summed E-state index contributed by atoms with van der Waals surface area (Å²) in [6.45, 7) is 4.17. The molecule has 0 aliphatic heterocycles. The Labute approximate surface area is 115 Å². The number of fused-ring (bicyclic) bond motifs is 1. The molecule has 0 heterocycles. The Bertz CT molecular complexity index is 442. The third-order valence-corrected chi connectivity index (χ3v) is 3.75. The summed E-state index contributed by atoms with van der Waals surface area (Å²) in [4.78, 5) is 12.1. The first-order valence-electron chi connectivity index (χ1n) is 7.21. The second kappa shape index (κ2) is 6.20. The van der Waals surface area contributed by atoms with Gasteiger partial charge in [0.25, 0.3) is 0 Å². The monoisotopic (exact) mass is 260 g/mol. The van der Waals surface area contributed by atoms with E-state index in [1.54, 1.807) is 0 Å². The normalized spacial score (nSPS) is 19.9. The standard InChI is InChI=1S/C16H24N2O/c1-11(2)10-14(17)16(19)18-15-9-5-7-12-6-3-4-8-13(12)15/h3-4,6,8,11,14-15H,5,7,9-10,17H2,1-2H3,(H,18,19). The molecule has 0 radical (unpaired) electrons. The number of carbonyl (C=O) groups is 1. The third kappa shape index (κ3) is 3.57. The van der Waals surface area contributed by atoms with Crippen LogP contribution in [-0.4, -0.2) is 11.9 Å². The van der Waals surface area contributed by atoms with Gasteiger partial charge < -0.3 is 11.1 Å². The fourth-order valence-corrected chi connectivity index (χ4v) is 2.80. The van der Waals surface area contributed by atoms with Crippen molar-refractivity contribution in [2.24, 2.45) is 11.7 Å². The van der Waals surface area contributed by atoms with Crippen LogP contribution in [0.2, 0.25) is 0 Å². The van der Waals surface area contributed by atoms with Gasteiger partial charge >= 0.3 is 0 Å². The van der Waals surface area contributed by atoms with Crippen LogP contribution in [0.5, 0.6) is 0 Å². The molecule has 3 N–H and O–H groups in total. The van der Waals surface area contributed by atoms with Crippen LogP contribution >= 0.6 is 0 Å². The van der Waals surface area contributed by atoms with Gasteiger partial charge in [-0.05, 0) is 42.7 Å². The predicted molar refractivity (Wildman–Crippen MR) is 77.7 cm³/mol. The number of amides is 1. The fourth-order valence-electron chi connectivity index (χ4n) is 2.80. The highest BCUT2D eigenvalue weighted by molar-refractivity contribution is 5.82. The van der Waals surface area contributed by atoms with Gasteiger partial charge in [0.1, 0.15) is 0 Å². The van der Waals surface area contributed by atoms with Crippen molar-refractivity contribution in [1.29, 1.82) is 0 Å². The van der Waals surface area contributed by atoms with Crippen molar-refractivity contribution < 1.29 is 4.79 Å². The van der Waals surface area contributed by atoms with E-state index in [1.165, 1.54) is 11.1 Å². The van der Waals surface area contributed by atoms with Crippen LogP contribution in [0.3, 0.4) is 0 Å². The van der Waals surface area contributed by atoms with E-state index in [4.69, 9.17) is 5.73 Å². The molecule has 3 nitrogen and oxygen atoms in total. The van der Waals surface area contributed by atoms with Crippen LogP contribution in [0, 0.1) is 5.92 Å².